The first-order chi connectivity index (χ1) is 17.0. The highest BCUT2D eigenvalue weighted by Gasteiger charge is 2.28. The fraction of sp³-hybridized carbons (Fsp3) is 0.154. The monoisotopic (exact) mass is 569 g/mol. The Morgan fingerprint density at radius 3 is 2.33 bits per heavy atom. The number of aryl methyl sites for hydroxylation is 1. The van der Waals surface area contributed by atoms with Gasteiger partial charge in [0.05, 0.1) is 28.9 Å². The molecule has 36 heavy (non-hydrogen) atoms. The molecule has 1 heterocycles. The summed E-state index contributed by atoms with van der Waals surface area (Å²) in [5, 5.41) is 15.2. The van der Waals surface area contributed by atoms with Gasteiger partial charge < -0.3 is 15.7 Å². The number of nitrogens with zero attached hydrogens (tertiary/aromatic N) is 1. The lowest BCUT2D eigenvalue weighted by atomic mass is 9.98. The predicted molar refractivity (Wildman–Crippen MR) is 145 cm³/mol. The van der Waals surface area contributed by atoms with Crippen molar-refractivity contribution in [3.8, 4) is 0 Å². The van der Waals surface area contributed by atoms with Crippen LogP contribution in [0.25, 0.3) is 11.3 Å². The Morgan fingerprint density at radius 2 is 1.72 bits per heavy atom. The van der Waals surface area contributed by atoms with E-state index in [4.69, 9.17) is 5.11 Å². The Balaban J connectivity index is 1.76. The Labute approximate surface area is 217 Å². The molecule has 0 aromatic heterocycles. The largest absolute Gasteiger partial charge is 0.481 e. The van der Waals surface area contributed by atoms with Crippen LogP contribution < -0.4 is 14.9 Å². The summed E-state index contributed by atoms with van der Waals surface area (Å²) in [6.07, 6.45) is 1.57. The van der Waals surface area contributed by atoms with Crippen LogP contribution in [0.5, 0.6) is 0 Å². The van der Waals surface area contributed by atoms with Crippen LogP contribution in [0.4, 0.5) is 17.1 Å². The van der Waals surface area contributed by atoms with E-state index in [1.807, 2.05) is 42.5 Å². The van der Waals surface area contributed by atoms with Gasteiger partial charge in [-0.15, -0.1) is 0 Å². The minimum Gasteiger partial charge on any atom is -0.481 e. The topological polar surface area (TPSA) is 116 Å². The third kappa shape index (κ3) is 5.60. The van der Waals surface area contributed by atoms with Gasteiger partial charge in [-0.05, 0) is 53.9 Å². The van der Waals surface area contributed by atoms with Crippen molar-refractivity contribution < 1.29 is 23.1 Å². The average molecular weight is 570 g/mol. The maximum atomic E-state index is 13.1. The Hall–Kier alpha value is -3.63. The van der Waals surface area contributed by atoms with E-state index in [1.165, 1.54) is 11.4 Å². The van der Waals surface area contributed by atoms with Gasteiger partial charge in [-0.2, -0.15) is 0 Å². The molecular weight excluding hydrogens is 546 g/mol. The van der Waals surface area contributed by atoms with Crippen LogP contribution in [0.1, 0.15) is 23.1 Å². The molecular formula is C26H24BrN3O5S. The Morgan fingerprint density at radius 1 is 1.06 bits per heavy atom. The minimum atomic E-state index is -3.40. The van der Waals surface area contributed by atoms with Crippen molar-refractivity contribution in [2.75, 3.05) is 28.2 Å². The van der Waals surface area contributed by atoms with E-state index in [1.54, 1.807) is 24.3 Å². The van der Waals surface area contributed by atoms with Crippen LogP contribution in [-0.2, 0) is 26.0 Å². The van der Waals surface area contributed by atoms with Crippen LogP contribution in [0.3, 0.4) is 0 Å². The lowest BCUT2D eigenvalue weighted by Crippen LogP contribution is -2.24. The zero-order valence-electron chi connectivity index (χ0n) is 19.6. The van der Waals surface area contributed by atoms with Crippen molar-refractivity contribution in [1.29, 1.82) is 0 Å². The third-order valence-electron chi connectivity index (χ3n) is 5.84. The lowest BCUT2D eigenvalue weighted by Gasteiger charge is -2.18. The van der Waals surface area contributed by atoms with Gasteiger partial charge in [-0.1, -0.05) is 46.3 Å². The maximum Gasteiger partial charge on any atom is 0.303 e. The number of benzene rings is 3. The molecule has 0 saturated heterocycles. The number of anilines is 3. The van der Waals surface area contributed by atoms with Gasteiger partial charge in [-0.25, -0.2) is 8.42 Å². The molecule has 10 heteroatoms. The van der Waals surface area contributed by atoms with E-state index in [0.717, 1.165) is 27.4 Å². The van der Waals surface area contributed by atoms with E-state index in [0.29, 0.717) is 34.8 Å². The molecule has 0 unspecified atom stereocenters. The molecule has 0 saturated carbocycles. The molecule has 1 amide bonds. The number of halogens is 1. The van der Waals surface area contributed by atoms with Crippen molar-refractivity contribution in [1.82, 2.24) is 0 Å². The number of rotatable bonds is 8. The molecule has 0 atom stereocenters. The summed E-state index contributed by atoms with van der Waals surface area (Å²) in [6, 6.07) is 19.8. The molecule has 3 aromatic rings. The maximum absolute atomic E-state index is 13.1. The quantitative estimate of drug-likeness (QED) is 0.336. The van der Waals surface area contributed by atoms with Gasteiger partial charge in [0.1, 0.15) is 0 Å². The lowest BCUT2D eigenvalue weighted by molar-refractivity contribution is -0.137. The highest BCUT2D eigenvalue weighted by molar-refractivity contribution is 9.10. The normalized spacial score (nSPS) is 14.1. The Kier molecular flexibility index (Phi) is 7.18. The van der Waals surface area contributed by atoms with Gasteiger partial charge in [0.2, 0.25) is 10.0 Å². The van der Waals surface area contributed by atoms with E-state index in [2.05, 4.69) is 26.6 Å². The van der Waals surface area contributed by atoms with Gasteiger partial charge in [0.15, 0.2) is 0 Å². The fourth-order valence-electron chi connectivity index (χ4n) is 3.85. The summed E-state index contributed by atoms with van der Waals surface area (Å²) in [6.45, 7) is 0. The SMILES string of the molecule is CN(c1ccc(NC(=C2C(=O)Nc3cc(Br)ccc32)c2ccc(CCC(=O)O)cc2)cc1)S(C)(=O)=O. The van der Waals surface area contributed by atoms with Crippen molar-refractivity contribution in [2.45, 2.75) is 12.8 Å². The number of carbonyl (C=O) groups excluding carboxylic acids is 1. The molecule has 0 radical (unpaired) electrons. The highest BCUT2D eigenvalue weighted by Crippen LogP contribution is 2.39. The number of carboxylic acid groups (broad SMARTS) is 1. The van der Waals surface area contributed by atoms with Crippen LogP contribution in [-0.4, -0.2) is 38.7 Å². The van der Waals surface area contributed by atoms with Crippen LogP contribution >= 0.6 is 15.9 Å². The molecule has 0 fully saturated rings. The van der Waals surface area contributed by atoms with Gasteiger partial charge >= 0.3 is 5.97 Å². The molecule has 0 bridgehead atoms. The summed E-state index contributed by atoms with van der Waals surface area (Å²) >= 11 is 3.43. The summed E-state index contributed by atoms with van der Waals surface area (Å²) in [5.41, 5.74) is 5.26. The number of sulfonamides is 1. The van der Waals surface area contributed by atoms with E-state index in [9.17, 15) is 18.0 Å². The van der Waals surface area contributed by atoms with Crippen LogP contribution in [0, 0.1) is 0 Å². The first-order valence-electron chi connectivity index (χ1n) is 11.0. The van der Waals surface area contributed by atoms with Crippen molar-refractivity contribution in [3.05, 3.63) is 87.9 Å². The summed E-state index contributed by atoms with van der Waals surface area (Å²) in [4.78, 5) is 24.0. The highest BCUT2D eigenvalue weighted by atomic mass is 79.9. The fourth-order valence-corrected chi connectivity index (χ4v) is 4.72. The zero-order chi connectivity index (χ0) is 26.0. The van der Waals surface area contributed by atoms with Crippen LogP contribution in [0.2, 0.25) is 0 Å². The standard InChI is InChI=1S/C26H24BrN3O5S/c1-30(36(2,34)35)20-11-9-19(10-12-20)28-25(17-6-3-16(4-7-17)5-14-23(31)32)24-21-13-8-18(27)15-22(21)29-26(24)33/h3-4,6-13,15,28H,5,14H2,1-2H3,(H,29,33)(H,31,32). The molecule has 8 nitrogen and oxygen atoms in total. The van der Waals surface area contributed by atoms with Gasteiger partial charge in [0, 0.05) is 29.2 Å². The second kappa shape index (κ2) is 10.2. The molecule has 1 aliphatic rings. The van der Waals surface area contributed by atoms with E-state index in [-0.39, 0.29) is 12.3 Å². The number of fused-ring (bicyclic) bond motifs is 1. The molecule has 186 valence electrons. The Bertz CT molecular complexity index is 1470. The molecule has 3 N–H and O–H groups in total. The second-order valence-corrected chi connectivity index (χ2v) is 11.3. The zero-order valence-corrected chi connectivity index (χ0v) is 22.0. The third-order valence-corrected chi connectivity index (χ3v) is 7.54. The van der Waals surface area contributed by atoms with Crippen molar-refractivity contribution in [2.24, 2.45) is 0 Å². The molecule has 1 aliphatic heterocycles. The van der Waals surface area contributed by atoms with Crippen molar-refractivity contribution >= 4 is 66.2 Å². The molecule has 0 spiro atoms. The first-order valence-corrected chi connectivity index (χ1v) is 13.6. The molecule has 3 aromatic carbocycles. The smallest absolute Gasteiger partial charge is 0.303 e. The number of aliphatic carboxylic acids is 1. The van der Waals surface area contributed by atoms with Gasteiger partial charge in [-0.3, -0.25) is 13.9 Å². The average Bonchev–Trinajstić information content (AvgIpc) is 3.15. The first kappa shape index (κ1) is 25.5. The van der Waals surface area contributed by atoms with E-state index < -0.39 is 16.0 Å². The molecule has 4 rings (SSSR count). The van der Waals surface area contributed by atoms with Crippen molar-refractivity contribution in [3.63, 3.8) is 0 Å². The number of carbonyl (C=O) groups is 2. The summed E-state index contributed by atoms with van der Waals surface area (Å²) in [7, 11) is -1.92. The molecule has 0 aliphatic carbocycles. The number of nitrogens with one attached hydrogen (secondary N) is 2. The summed E-state index contributed by atoms with van der Waals surface area (Å²) in [5.74, 6) is -1.12. The van der Waals surface area contributed by atoms with E-state index >= 15 is 0 Å². The second-order valence-electron chi connectivity index (χ2n) is 8.39. The summed E-state index contributed by atoms with van der Waals surface area (Å²) < 4.78 is 25.8. The number of hydrogen-bond donors (Lipinski definition) is 3. The van der Waals surface area contributed by atoms with Crippen LogP contribution in [0.15, 0.2) is 71.2 Å². The number of hydrogen-bond acceptors (Lipinski definition) is 5. The number of carboxylic acids is 1. The van der Waals surface area contributed by atoms with Gasteiger partial charge in [0.25, 0.3) is 5.91 Å². The minimum absolute atomic E-state index is 0.0322. The predicted octanol–water partition coefficient (Wildman–Crippen LogP) is 4.79. The number of amides is 1.